The van der Waals surface area contributed by atoms with Gasteiger partial charge in [-0.15, -0.1) is 11.3 Å². The van der Waals surface area contributed by atoms with E-state index in [0.717, 1.165) is 11.3 Å². The summed E-state index contributed by atoms with van der Waals surface area (Å²) in [5, 5.41) is 4.98. The quantitative estimate of drug-likeness (QED) is 0.671. The maximum absolute atomic E-state index is 12.9. The van der Waals surface area contributed by atoms with E-state index in [1.54, 1.807) is 11.3 Å². The van der Waals surface area contributed by atoms with Crippen LogP contribution in [0.3, 0.4) is 0 Å². The smallest absolute Gasteiger partial charge is 0.278 e. The summed E-state index contributed by atoms with van der Waals surface area (Å²) >= 11 is 1.66. The van der Waals surface area contributed by atoms with E-state index < -0.39 is 0 Å². The first-order valence-corrected chi connectivity index (χ1v) is 10.6. The van der Waals surface area contributed by atoms with E-state index in [4.69, 9.17) is 0 Å². The van der Waals surface area contributed by atoms with Crippen LogP contribution in [0.5, 0.6) is 0 Å². The zero-order valence-corrected chi connectivity index (χ0v) is 18.1. The topological polar surface area (TPSA) is 53.9 Å². The molecule has 0 radical (unpaired) electrons. The Hall–Kier alpha value is -2.18. The fourth-order valence-corrected chi connectivity index (χ4v) is 3.68. The largest absolute Gasteiger partial charge is 0.347 e. The highest BCUT2D eigenvalue weighted by Gasteiger charge is 2.22. The first-order valence-electron chi connectivity index (χ1n) is 9.69. The Labute approximate surface area is 172 Å². The van der Waals surface area contributed by atoms with Gasteiger partial charge in [0.05, 0.1) is 13.6 Å². The van der Waals surface area contributed by atoms with E-state index in [1.165, 1.54) is 10.4 Å². The van der Waals surface area contributed by atoms with E-state index in [1.807, 2.05) is 62.4 Å². The number of hydrogen-bond donors (Lipinski definition) is 2. The van der Waals surface area contributed by atoms with Crippen molar-refractivity contribution >= 4 is 23.2 Å². The molecular formula is C22H32N3O2S+. The number of rotatable bonds is 9. The van der Waals surface area contributed by atoms with Crippen LogP contribution < -0.4 is 10.2 Å². The zero-order valence-electron chi connectivity index (χ0n) is 17.3. The standard InChI is InChI=1S/C22H31N3O2S/c1-22(2,3)23-20(26)16-24(4)17-21(27)25(15-19-11-8-14-28-19)13-12-18-9-6-5-7-10-18/h5-11,14H,12-13,15-17H2,1-4H3,(H,23,26)/p+1. The van der Waals surface area contributed by atoms with Gasteiger partial charge in [-0.1, -0.05) is 36.4 Å². The molecule has 1 heterocycles. The fourth-order valence-electron chi connectivity index (χ4n) is 2.96. The lowest BCUT2D eigenvalue weighted by Gasteiger charge is -2.25. The molecule has 2 rings (SSSR count). The predicted molar refractivity (Wildman–Crippen MR) is 114 cm³/mol. The molecule has 0 aliphatic carbocycles. The van der Waals surface area contributed by atoms with Gasteiger partial charge in [0, 0.05) is 17.0 Å². The highest BCUT2D eigenvalue weighted by Crippen LogP contribution is 2.12. The van der Waals surface area contributed by atoms with Gasteiger partial charge in [-0.3, -0.25) is 9.59 Å². The monoisotopic (exact) mass is 402 g/mol. The molecule has 28 heavy (non-hydrogen) atoms. The number of nitrogens with one attached hydrogen (secondary N) is 2. The first kappa shape index (κ1) is 22.1. The molecule has 1 aromatic heterocycles. The third-order valence-corrected chi connectivity index (χ3v) is 5.08. The van der Waals surface area contributed by atoms with Gasteiger partial charge in [0.2, 0.25) is 0 Å². The number of carbonyl (C=O) groups is 2. The molecule has 0 aliphatic rings. The summed E-state index contributed by atoms with van der Waals surface area (Å²) in [6, 6.07) is 14.3. The minimum atomic E-state index is -0.262. The summed E-state index contributed by atoms with van der Waals surface area (Å²) < 4.78 is 0. The molecule has 0 saturated heterocycles. The van der Waals surface area contributed by atoms with Gasteiger partial charge in [-0.25, -0.2) is 0 Å². The van der Waals surface area contributed by atoms with Crippen molar-refractivity contribution in [1.29, 1.82) is 0 Å². The number of quaternary nitrogens is 1. The van der Waals surface area contributed by atoms with Crippen molar-refractivity contribution in [1.82, 2.24) is 10.2 Å². The van der Waals surface area contributed by atoms with Crippen LogP contribution in [0.2, 0.25) is 0 Å². The SMILES string of the molecule is C[NH+](CC(=O)NC(C)(C)C)CC(=O)N(CCc1ccccc1)Cc1cccs1. The Balaban J connectivity index is 1.94. The van der Waals surface area contributed by atoms with Crippen molar-refractivity contribution in [2.75, 3.05) is 26.7 Å². The second-order valence-electron chi connectivity index (χ2n) is 8.24. The summed E-state index contributed by atoms with van der Waals surface area (Å²) in [4.78, 5) is 29.0. The van der Waals surface area contributed by atoms with Gasteiger partial charge < -0.3 is 15.1 Å². The predicted octanol–water partition coefficient (Wildman–Crippen LogP) is 1.75. The van der Waals surface area contributed by atoms with Gasteiger partial charge in [-0.2, -0.15) is 0 Å². The number of benzene rings is 1. The highest BCUT2D eigenvalue weighted by molar-refractivity contribution is 7.09. The van der Waals surface area contributed by atoms with Crippen LogP contribution in [-0.2, 0) is 22.6 Å². The number of carbonyl (C=O) groups excluding carboxylic acids is 2. The van der Waals surface area contributed by atoms with Crippen molar-refractivity contribution in [2.24, 2.45) is 0 Å². The molecule has 1 atom stereocenters. The van der Waals surface area contributed by atoms with Crippen LogP contribution in [0.15, 0.2) is 47.8 Å². The average Bonchev–Trinajstić information content (AvgIpc) is 3.10. The number of thiophene rings is 1. The van der Waals surface area contributed by atoms with E-state index in [2.05, 4.69) is 23.5 Å². The number of likely N-dealkylation sites (N-methyl/N-ethyl adjacent to an activating group) is 1. The Bertz CT molecular complexity index is 739. The molecule has 6 heteroatoms. The third kappa shape index (κ3) is 8.23. The van der Waals surface area contributed by atoms with Crippen LogP contribution in [-0.4, -0.2) is 48.9 Å². The van der Waals surface area contributed by atoms with Gasteiger partial charge >= 0.3 is 0 Å². The summed E-state index contributed by atoms with van der Waals surface area (Å²) in [5.41, 5.74) is 0.958. The summed E-state index contributed by atoms with van der Waals surface area (Å²) in [6.45, 7) is 7.74. The Morgan fingerprint density at radius 2 is 1.79 bits per heavy atom. The van der Waals surface area contributed by atoms with E-state index in [9.17, 15) is 9.59 Å². The number of amides is 2. The Morgan fingerprint density at radius 3 is 2.39 bits per heavy atom. The van der Waals surface area contributed by atoms with Crippen LogP contribution in [0, 0.1) is 0 Å². The molecule has 0 fully saturated rings. The minimum absolute atomic E-state index is 0.0353. The average molecular weight is 403 g/mol. The molecule has 0 spiro atoms. The van der Waals surface area contributed by atoms with Crippen molar-refractivity contribution in [3.63, 3.8) is 0 Å². The van der Waals surface area contributed by atoms with Crippen molar-refractivity contribution in [3.05, 3.63) is 58.3 Å². The lowest BCUT2D eigenvalue weighted by Crippen LogP contribution is -3.11. The minimum Gasteiger partial charge on any atom is -0.347 e. The maximum Gasteiger partial charge on any atom is 0.278 e. The van der Waals surface area contributed by atoms with E-state index in [0.29, 0.717) is 19.6 Å². The summed E-state index contributed by atoms with van der Waals surface area (Å²) in [5.74, 6) is 0.0392. The van der Waals surface area contributed by atoms with Crippen molar-refractivity contribution in [2.45, 2.75) is 39.3 Å². The lowest BCUT2D eigenvalue weighted by molar-refractivity contribution is -0.863. The van der Waals surface area contributed by atoms with Gasteiger partial charge in [0.15, 0.2) is 13.1 Å². The van der Waals surface area contributed by atoms with Crippen LogP contribution in [0.25, 0.3) is 0 Å². The van der Waals surface area contributed by atoms with E-state index in [-0.39, 0.29) is 23.9 Å². The first-order chi connectivity index (χ1) is 13.2. The molecular weight excluding hydrogens is 370 g/mol. The fraction of sp³-hybridized carbons (Fsp3) is 0.455. The van der Waals surface area contributed by atoms with Crippen molar-refractivity contribution < 1.29 is 14.5 Å². The Morgan fingerprint density at radius 1 is 1.07 bits per heavy atom. The normalized spacial score (nSPS) is 12.4. The molecule has 2 N–H and O–H groups in total. The molecule has 0 bridgehead atoms. The highest BCUT2D eigenvalue weighted by atomic mass is 32.1. The van der Waals surface area contributed by atoms with E-state index >= 15 is 0 Å². The number of hydrogen-bond acceptors (Lipinski definition) is 3. The molecule has 0 aliphatic heterocycles. The second-order valence-corrected chi connectivity index (χ2v) is 9.27. The summed E-state index contributed by atoms with van der Waals surface area (Å²) in [6.07, 6.45) is 0.821. The molecule has 152 valence electrons. The van der Waals surface area contributed by atoms with Gasteiger partial charge in [0.25, 0.3) is 11.8 Å². The zero-order chi connectivity index (χ0) is 20.6. The third-order valence-electron chi connectivity index (χ3n) is 4.22. The molecule has 1 unspecified atom stereocenters. The molecule has 2 amide bonds. The number of nitrogens with zero attached hydrogens (tertiary/aromatic N) is 1. The summed E-state index contributed by atoms with van der Waals surface area (Å²) in [7, 11) is 1.89. The molecule has 5 nitrogen and oxygen atoms in total. The van der Waals surface area contributed by atoms with Crippen LogP contribution >= 0.6 is 11.3 Å². The molecule has 0 saturated carbocycles. The van der Waals surface area contributed by atoms with Crippen molar-refractivity contribution in [3.8, 4) is 0 Å². The molecule has 2 aromatic rings. The lowest BCUT2D eigenvalue weighted by atomic mass is 10.1. The maximum atomic E-state index is 12.9. The second kappa shape index (κ2) is 10.4. The molecule has 1 aromatic carbocycles. The van der Waals surface area contributed by atoms with Gasteiger partial charge in [0.1, 0.15) is 0 Å². The van der Waals surface area contributed by atoms with Crippen LogP contribution in [0.4, 0.5) is 0 Å². The Kier molecular flexibility index (Phi) is 8.20. The van der Waals surface area contributed by atoms with Gasteiger partial charge in [-0.05, 0) is 44.2 Å². The van der Waals surface area contributed by atoms with Crippen LogP contribution in [0.1, 0.15) is 31.2 Å².